The Hall–Kier alpha value is -3.29. The van der Waals surface area contributed by atoms with Gasteiger partial charge in [0.1, 0.15) is 23.4 Å². The predicted molar refractivity (Wildman–Crippen MR) is 105 cm³/mol. The molecule has 1 saturated heterocycles. The first kappa shape index (κ1) is 20.0. The van der Waals surface area contributed by atoms with Crippen molar-refractivity contribution in [3.05, 3.63) is 65.6 Å². The smallest absolute Gasteiger partial charge is 0.249 e. The molecule has 30 heavy (non-hydrogen) atoms. The SMILES string of the molecule is COc1ccccc1CCC(=O)N1CCCC1c1nc(-c2ccc(F)cc2F)no1. The first-order valence-corrected chi connectivity index (χ1v) is 9.77. The van der Waals surface area contributed by atoms with Crippen LogP contribution in [0.4, 0.5) is 8.78 Å². The third kappa shape index (κ3) is 4.03. The average molecular weight is 413 g/mol. The summed E-state index contributed by atoms with van der Waals surface area (Å²) >= 11 is 0. The highest BCUT2D eigenvalue weighted by molar-refractivity contribution is 5.77. The highest BCUT2D eigenvalue weighted by atomic mass is 19.1. The third-order valence-electron chi connectivity index (χ3n) is 5.27. The summed E-state index contributed by atoms with van der Waals surface area (Å²) < 4.78 is 37.8. The van der Waals surface area contributed by atoms with Crippen LogP contribution < -0.4 is 4.74 Å². The molecule has 8 heteroatoms. The van der Waals surface area contributed by atoms with Crippen LogP contribution in [0.5, 0.6) is 5.75 Å². The molecule has 2 aromatic carbocycles. The number of methoxy groups -OCH3 is 1. The van der Waals surface area contributed by atoms with Gasteiger partial charge in [0.25, 0.3) is 0 Å². The van der Waals surface area contributed by atoms with Gasteiger partial charge in [-0.2, -0.15) is 4.98 Å². The van der Waals surface area contributed by atoms with Gasteiger partial charge in [-0.25, -0.2) is 8.78 Å². The molecular weight excluding hydrogens is 392 g/mol. The number of aromatic nitrogens is 2. The van der Waals surface area contributed by atoms with Gasteiger partial charge in [0.2, 0.25) is 17.6 Å². The maximum Gasteiger partial charge on any atom is 0.249 e. The van der Waals surface area contributed by atoms with Gasteiger partial charge < -0.3 is 14.2 Å². The molecule has 4 rings (SSSR count). The van der Waals surface area contributed by atoms with Gasteiger partial charge in [0.15, 0.2) is 0 Å². The maximum atomic E-state index is 14.0. The van der Waals surface area contributed by atoms with E-state index < -0.39 is 11.6 Å². The fraction of sp³-hybridized carbons (Fsp3) is 0.318. The van der Waals surface area contributed by atoms with Crippen LogP contribution in [-0.2, 0) is 11.2 Å². The van der Waals surface area contributed by atoms with Crippen molar-refractivity contribution in [2.24, 2.45) is 0 Å². The van der Waals surface area contributed by atoms with Crippen LogP contribution in [0.1, 0.15) is 36.8 Å². The molecule has 1 atom stereocenters. The van der Waals surface area contributed by atoms with Gasteiger partial charge in [-0.3, -0.25) is 4.79 Å². The summed E-state index contributed by atoms with van der Waals surface area (Å²) in [5.41, 5.74) is 1.02. The molecule has 1 aliphatic rings. The van der Waals surface area contributed by atoms with Crippen LogP contribution in [0.25, 0.3) is 11.4 Å². The van der Waals surface area contributed by atoms with Crippen LogP contribution in [-0.4, -0.2) is 34.6 Å². The number of aryl methyl sites for hydroxylation is 1. The second-order valence-corrected chi connectivity index (χ2v) is 7.14. The molecule has 1 amide bonds. The number of carbonyl (C=O) groups excluding carboxylic acids is 1. The molecule has 0 bridgehead atoms. The Balaban J connectivity index is 1.47. The molecule has 156 valence electrons. The summed E-state index contributed by atoms with van der Waals surface area (Å²) in [5, 5.41) is 3.83. The number of hydrogen-bond donors (Lipinski definition) is 0. The predicted octanol–water partition coefficient (Wildman–Crippen LogP) is 4.32. The summed E-state index contributed by atoms with van der Waals surface area (Å²) in [5.74, 6) is -0.406. The minimum atomic E-state index is -0.765. The first-order valence-electron chi connectivity index (χ1n) is 9.77. The van der Waals surface area contributed by atoms with Gasteiger partial charge in [-0.15, -0.1) is 0 Å². The number of rotatable bonds is 6. The summed E-state index contributed by atoms with van der Waals surface area (Å²) in [7, 11) is 1.61. The number of carbonyl (C=O) groups is 1. The van der Waals surface area contributed by atoms with Crippen LogP contribution in [0, 0.1) is 11.6 Å². The number of nitrogens with zero attached hydrogens (tertiary/aromatic N) is 3. The van der Waals surface area contributed by atoms with Gasteiger partial charge in [0.05, 0.1) is 12.7 Å². The third-order valence-corrected chi connectivity index (χ3v) is 5.27. The minimum Gasteiger partial charge on any atom is -0.496 e. The van der Waals surface area contributed by atoms with Crippen molar-refractivity contribution in [2.75, 3.05) is 13.7 Å². The Morgan fingerprint density at radius 1 is 1.27 bits per heavy atom. The fourth-order valence-electron chi connectivity index (χ4n) is 3.77. The van der Waals surface area contributed by atoms with Crippen molar-refractivity contribution in [3.63, 3.8) is 0 Å². The molecule has 1 fully saturated rings. The Morgan fingerprint density at radius 2 is 2.10 bits per heavy atom. The van der Waals surface area contributed by atoms with Crippen LogP contribution in [0.15, 0.2) is 47.0 Å². The van der Waals surface area contributed by atoms with Crippen LogP contribution in [0.2, 0.25) is 0 Å². The van der Waals surface area contributed by atoms with Gasteiger partial charge >= 0.3 is 0 Å². The lowest BCUT2D eigenvalue weighted by Crippen LogP contribution is -2.30. The molecule has 2 heterocycles. The molecule has 0 N–H and O–H groups in total. The second kappa shape index (κ2) is 8.61. The Labute approximate surface area is 172 Å². The Bertz CT molecular complexity index is 1050. The van der Waals surface area contributed by atoms with Crippen molar-refractivity contribution >= 4 is 5.91 Å². The van der Waals surface area contributed by atoms with Crippen molar-refractivity contribution < 1.29 is 22.8 Å². The van der Waals surface area contributed by atoms with Crippen molar-refractivity contribution in [2.45, 2.75) is 31.7 Å². The molecule has 1 aliphatic heterocycles. The van der Waals surface area contributed by atoms with Crippen molar-refractivity contribution in [1.29, 1.82) is 0 Å². The van der Waals surface area contributed by atoms with E-state index in [-0.39, 0.29) is 29.2 Å². The molecule has 0 aliphatic carbocycles. The van der Waals surface area contributed by atoms with E-state index in [0.29, 0.717) is 25.8 Å². The standard InChI is InChI=1S/C22H21F2N3O3/c1-29-19-7-3-2-5-14(19)8-11-20(28)27-12-4-6-18(27)22-25-21(26-30-22)16-10-9-15(23)13-17(16)24/h2-3,5,7,9-10,13,18H,4,6,8,11-12H2,1H3. The zero-order valence-electron chi connectivity index (χ0n) is 16.5. The van der Waals surface area contributed by atoms with E-state index in [1.807, 2.05) is 24.3 Å². The van der Waals surface area contributed by atoms with Crippen molar-refractivity contribution in [1.82, 2.24) is 15.0 Å². The Kier molecular flexibility index (Phi) is 5.74. The maximum absolute atomic E-state index is 14.0. The zero-order chi connectivity index (χ0) is 21.1. The highest BCUT2D eigenvalue weighted by Gasteiger charge is 2.34. The lowest BCUT2D eigenvalue weighted by atomic mass is 10.1. The average Bonchev–Trinajstić information content (AvgIpc) is 3.41. The number of para-hydroxylation sites is 1. The number of hydrogen-bond acceptors (Lipinski definition) is 5. The van der Waals surface area contributed by atoms with Crippen molar-refractivity contribution in [3.8, 4) is 17.1 Å². The number of ether oxygens (including phenoxy) is 1. The molecule has 0 spiro atoms. The lowest BCUT2D eigenvalue weighted by molar-refractivity contribution is -0.132. The van der Waals surface area contributed by atoms with Crippen LogP contribution in [0.3, 0.4) is 0 Å². The normalized spacial score (nSPS) is 16.1. The van der Waals surface area contributed by atoms with Gasteiger partial charge in [-0.05, 0) is 43.0 Å². The zero-order valence-corrected chi connectivity index (χ0v) is 16.5. The van der Waals surface area contributed by atoms with Crippen LogP contribution >= 0.6 is 0 Å². The number of benzene rings is 2. The lowest BCUT2D eigenvalue weighted by Gasteiger charge is -2.22. The monoisotopic (exact) mass is 413 g/mol. The van der Waals surface area contributed by atoms with E-state index in [0.717, 1.165) is 29.9 Å². The number of amides is 1. The van der Waals surface area contributed by atoms with E-state index in [4.69, 9.17) is 9.26 Å². The summed E-state index contributed by atoms with van der Waals surface area (Å²) in [6, 6.07) is 10.4. The molecule has 1 aromatic heterocycles. The number of likely N-dealkylation sites (tertiary alicyclic amines) is 1. The number of halogens is 2. The summed E-state index contributed by atoms with van der Waals surface area (Å²) in [6.45, 7) is 0.595. The van der Waals surface area contributed by atoms with E-state index in [9.17, 15) is 13.6 Å². The quantitative estimate of drug-likeness (QED) is 0.602. The van der Waals surface area contributed by atoms with Gasteiger partial charge in [0, 0.05) is 19.0 Å². The molecule has 0 saturated carbocycles. The van der Waals surface area contributed by atoms with E-state index in [1.165, 1.54) is 6.07 Å². The minimum absolute atomic E-state index is 0.0175. The molecular formula is C22H21F2N3O3. The summed E-state index contributed by atoms with van der Waals surface area (Å²) in [4.78, 5) is 18.9. The highest BCUT2D eigenvalue weighted by Crippen LogP contribution is 2.33. The topological polar surface area (TPSA) is 68.5 Å². The molecule has 0 radical (unpaired) electrons. The Morgan fingerprint density at radius 3 is 2.90 bits per heavy atom. The fourth-order valence-corrected chi connectivity index (χ4v) is 3.77. The first-order chi connectivity index (χ1) is 14.6. The van der Waals surface area contributed by atoms with E-state index in [2.05, 4.69) is 10.1 Å². The molecule has 6 nitrogen and oxygen atoms in total. The van der Waals surface area contributed by atoms with E-state index >= 15 is 0 Å². The van der Waals surface area contributed by atoms with Gasteiger partial charge in [-0.1, -0.05) is 23.4 Å². The molecule has 1 unspecified atom stereocenters. The van der Waals surface area contributed by atoms with E-state index in [1.54, 1.807) is 12.0 Å². The molecule has 3 aromatic rings. The largest absolute Gasteiger partial charge is 0.496 e. The second-order valence-electron chi connectivity index (χ2n) is 7.14. The summed E-state index contributed by atoms with van der Waals surface area (Å²) in [6.07, 6.45) is 2.38.